The molecule has 1 atom stereocenters. The van der Waals surface area contributed by atoms with Crippen molar-refractivity contribution >= 4 is 0 Å². The van der Waals surface area contributed by atoms with Gasteiger partial charge in [-0.15, -0.1) is 0 Å². The van der Waals surface area contributed by atoms with Gasteiger partial charge >= 0.3 is 0 Å². The Morgan fingerprint density at radius 3 is 2.86 bits per heavy atom. The van der Waals surface area contributed by atoms with Gasteiger partial charge in [-0.2, -0.15) is 0 Å². The van der Waals surface area contributed by atoms with Crippen molar-refractivity contribution in [2.75, 3.05) is 6.54 Å². The Morgan fingerprint density at radius 1 is 1.50 bits per heavy atom. The molecular weight excluding hydrogens is 174 g/mol. The van der Waals surface area contributed by atoms with E-state index in [9.17, 15) is 0 Å². The van der Waals surface area contributed by atoms with Gasteiger partial charge < -0.3 is 10.3 Å². The molecule has 1 unspecified atom stereocenters. The Balaban J connectivity index is 2.67. The lowest BCUT2D eigenvalue weighted by molar-refractivity contribution is 0.447. The molecule has 3 heteroatoms. The monoisotopic (exact) mass is 195 g/mol. The van der Waals surface area contributed by atoms with Gasteiger partial charge in [0.2, 0.25) is 0 Å². The van der Waals surface area contributed by atoms with Crippen molar-refractivity contribution in [3.8, 4) is 0 Å². The molecule has 3 nitrogen and oxygen atoms in total. The Kier molecular flexibility index (Phi) is 4.66. The van der Waals surface area contributed by atoms with Crippen LogP contribution in [0.5, 0.6) is 0 Å². The van der Waals surface area contributed by atoms with E-state index in [1.807, 2.05) is 12.5 Å². The summed E-state index contributed by atoms with van der Waals surface area (Å²) in [7, 11) is 0. The molecule has 2 N–H and O–H groups in total. The second kappa shape index (κ2) is 5.81. The maximum Gasteiger partial charge on any atom is 0.0951 e. The fraction of sp³-hybridized carbons (Fsp3) is 0.727. The molecule has 1 aromatic heterocycles. The van der Waals surface area contributed by atoms with Crippen molar-refractivity contribution in [2.45, 2.75) is 45.6 Å². The minimum Gasteiger partial charge on any atom is -0.330 e. The maximum absolute atomic E-state index is 5.78. The van der Waals surface area contributed by atoms with Crippen molar-refractivity contribution in [3.63, 3.8) is 0 Å². The van der Waals surface area contributed by atoms with Crippen molar-refractivity contribution < 1.29 is 0 Å². The van der Waals surface area contributed by atoms with E-state index in [-0.39, 0.29) is 0 Å². The van der Waals surface area contributed by atoms with Crippen LogP contribution in [-0.2, 0) is 6.42 Å². The first-order chi connectivity index (χ1) is 6.83. The fourth-order valence-corrected chi connectivity index (χ4v) is 1.74. The number of nitrogens with two attached hydrogens (primary N) is 1. The summed E-state index contributed by atoms with van der Waals surface area (Å²) in [6.45, 7) is 5.08. The lowest BCUT2D eigenvalue weighted by Crippen LogP contribution is -2.20. The average Bonchev–Trinajstić information content (AvgIpc) is 2.67. The molecule has 0 amide bonds. The number of aryl methyl sites for hydroxylation is 1. The van der Waals surface area contributed by atoms with E-state index in [1.54, 1.807) is 0 Å². The Hall–Kier alpha value is -0.830. The van der Waals surface area contributed by atoms with Gasteiger partial charge in [0.25, 0.3) is 0 Å². The van der Waals surface area contributed by atoms with E-state index in [0.717, 1.165) is 12.8 Å². The molecule has 0 saturated carbocycles. The maximum atomic E-state index is 5.78. The highest BCUT2D eigenvalue weighted by Crippen LogP contribution is 2.16. The van der Waals surface area contributed by atoms with Crippen LogP contribution in [0.3, 0.4) is 0 Å². The smallest absolute Gasteiger partial charge is 0.0951 e. The van der Waals surface area contributed by atoms with E-state index in [2.05, 4.69) is 23.4 Å². The molecular formula is C11H21N3. The van der Waals surface area contributed by atoms with Gasteiger partial charge in [-0.1, -0.05) is 26.7 Å². The topological polar surface area (TPSA) is 43.8 Å². The van der Waals surface area contributed by atoms with Gasteiger partial charge in [0, 0.05) is 24.5 Å². The van der Waals surface area contributed by atoms with Crippen LogP contribution in [0.15, 0.2) is 12.5 Å². The Morgan fingerprint density at radius 2 is 2.29 bits per heavy atom. The summed E-state index contributed by atoms with van der Waals surface area (Å²) in [5.41, 5.74) is 7.07. The first kappa shape index (κ1) is 11.2. The summed E-state index contributed by atoms with van der Waals surface area (Å²) in [4.78, 5) is 4.18. The average molecular weight is 195 g/mol. The molecule has 1 rings (SSSR count). The Labute approximate surface area is 86.3 Å². The minimum atomic E-state index is 0.437. The quantitative estimate of drug-likeness (QED) is 0.755. The second-order valence-electron chi connectivity index (χ2n) is 3.68. The van der Waals surface area contributed by atoms with E-state index in [1.165, 1.54) is 18.5 Å². The van der Waals surface area contributed by atoms with E-state index in [4.69, 9.17) is 5.73 Å². The van der Waals surface area contributed by atoms with Gasteiger partial charge in [0.15, 0.2) is 0 Å². The van der Waals surface area contributed by atoms with Crippen molar-refractivity contribution in [1.82, 2.24) is 9.55 Å². The third kappa shape index (κ3) is 2.58. The van der Waals surface area contributed by atoms with Gasteiger partial charge in [0.1, 0.15) is 0 Å². The van der Waals surface area contributed by atoms with E-state index < -0.39 is 0 Å². The van der Waals surface area contributed by atoms with Gasteiger partial charge in [-0.25, -0.2) is 4.98 Å². The molecule has 14 heavy (non-hydrogen) atoms. The highest BCUT2D eigenvalue weighted by atomic mass is 15.1. The van der Waals surface area contributed by atoms with Gasteiger partial charge in [-0.3, -0.25) is 0 Å². The predicted octanol–water partition coefficient (Wildman–Crippen LogP) is 2.14. The predicted molar refractivity (Wildman–Crippen MR) is 59.2 cm³/mol. The molecule has 0 aliphatic heterocycles. The summed E-state index contributed by atoms with van der Waals surface area (Å²) in [6, 6.07) is 0.437. The summed E-state index contributed by atoms with van der Waals surface area (Å²) in [5.74, 6) is 0. The van der Waals surface area contributed by atoms with E-state index in [0.29, 0.717) is 12.6 Å². The highest BCUT2D eigenvalue weighted by Gasteiger charge is 2.10. The number of unbranched alkanes of at least 4 members (excludes halogenated alkanes) is 1. The molecule has 80 valence electrons. The van der Waals surface area contributed by atoms with Crippen LogP contribution in [0.2, 0.25) is 0 Å². The largest absolute Gasteiger partial charge is 0.330 e. The molecule has 0 aliphatic rings. The summed E-state index contributed by atoms with van der Waals surface area (Å²) < 4.78 is 2.23. The summed E-state index contributed by atoms with van der Waals surface area (Å²) >= 11 is 0. The van der Waals surface area contributed by atoms with Crippen LogP contribution in [0.1, 0.15) is 44.8 Å². The van der Waals surface area contributed by atoms with Crippen molar-refractivity contribution in [2.24, 2.45) is 5.73 Å². The van der Waals surface area contributed by atoms with Crippen molar-refractivity contribution in [3.05, 3.63) is 18.2 Å². The number of nitrogens with zero attached hydrogens (tertiary/aromatic N) is 2. The molecule has 0 aromatic carbocycles. The normalized spacial score (nSPS) is 13.1. The molecule has 0 spiro atoms. The fourth-order valence-electron chi connectivity index (χ4n) is 1.74. The van der Waals surface area contributed by atoms with Crippen LogP contribution in [0.4, 0.5) is 0 Å². The standard InChI is InChI=1S/C11H21N3/c1-3-5-6-11(7-12)14-9-13-8-10(14)4-2/h8-9,11H,3-7,12H2,1-2H3. The number of imidazole rings is 1. The molecule has 0 aliphatic carbocycles. The van der Waals surface area contributed by atoms with Crippen LogP contribution in [0.25, 0.3) is 0 Å². The zero-order valence-electron chi connectivity index (χ0n) is 9.24. The summed E-state index contributed by atoms with van der Waals surface area (Å²) in [6.07, 6.45) is 8.51. The lowest BCUT2D eigenvalue weighted by atomic mass is 10.1. The Bertz CT molecular complexity index is 255. The first-order valence-electron chi connectivity index (χ1n) is 5.54. The van der Waals surface area contributed by atoms with Crippen LogP contribution in [-0.4, -0.2) is 16.1 Å². The molecule has 0 radical (unpaired) electrons. The highest BCUT2D eigenvalue weighted by molar-refractivity contribution is 5.00. The van der Waals surface area contributed by atoms with Crippen LogP contribution >= 0.6 is 0 Å². The number of hydrogen-bond acceptors (Lipinski definition) is 2. The molecule has 0 bridgehead atoms. The zero-order chi connectivity index (χ0) is 10.4. The third-order valence-corrected chi connectivity index (χ3v) is 2.66. The van der Waals surface area contributed by atoms with Crippen LogP contribution in [0, 0.1) is 0 Å². The number of rotatable bonds is 6. The van der Waals surface area contributed by atoms with E-state index >= 15 is 0 Å². The third-order valence-electron chi connectivity index (χ3n) is 2.66. The molecule has 0 fully saturated rings. The summed E-state index contributed by atoms with van der Waals surface area (Å²) in [5, 5.41) is 0. The van der Waals surface area contributed by atoms with Crippen LogP contribution < -0.4 is 5.73 Å². The molecule has 1 heterocycles. The van der Waals surface area contributed by atoms with Crippen molar-refractivity contribution in [1.29, 1.82) is 0 Å². The zero-order valence-corrected chi connectivity index (χ0v) is 9.24. The SMILES string of the molecule is CCCCC(CN)n1cncc1CC. The molecule has 1 aromatic rings. The second-order valence-corrected chi connectivity index (χ2v) is 3.68. The number of aromatic nitrogens is 2. The molecule has 0 saturated heterocycles. The lowest BCUT2D eigenvalue weighted by Gasteiger charge is -2.18. The van der Waals surface area contributed by atoms with Gasteiger partial charge in [-0.05, 0) is 12.8 Å². The first-order valence-corrected chi connectivity index (χ1v) is 5.54. The number of hydrogen-bond donors (Lipinski definition) is 1. The van der Waals surface area contributed by atoms with Gasteiger partial charge in [0.05, 0.1) is 6.33 Å². The minimum absolute atomic E-state index is 0.437.